The van der Waals surface area contributed by atoms with Gasteiger partial charge in [0.1, 0.15) is 11.5 Å². The van der Waals surface area contributed by atoms with Crippen molar-refractivity contribution in [3.63, 3.8) is 0 Å². The summed E-state index contributed by atoms with van der Waals surface area (Å²) < 4.78 is 15.3. The molecular weight excluding hydrogens is 331 g/mol. The van der Waals surface area contributed by atoms with Crippen LogP contribution in [0.3, 0.4) is 0 Å². The van der Waals surface area contributed by atoms with Gasteiger partial charge in [-0.05, 0) is 37.6 Å². The van der Waals surface area contributed by atoms with Gasteiger partial charge in [0.25, 0.3) is 5.91 Å². The Balaban J connectivity index is 0.00000208. The third-order valence-electron chi connectivity index (χ3n) is 4.09. The number of rotatable bonds is 3. The van der Waals surface area contributed by atoms with Crippen LogP contribution in [0.5, 0.6) is 0 Å². The number of benzene rings is 1. The third-order valence-corrected chi connectivity index (χ3v) is 4.09. The molecule has 1 saturated heterocycles. The minimum absolute atomic E-state index is 0. The SMILES string of the molecule is CC(C)n1ccc(C(=O)N2CCNCC2c2cccc(F)c2)n1.Cl. The second kappa shape index (κ2) is 7.77. The van der Waals surface area contributed by atoms with Gasteiger partial charge in [-0.25, -0.2) is 4.39 Å². The van der Waals surface area contributed by atoms with Gasteiger partial charge in [-0.1, -0.05) is 12.1 Å². The molecule has 1 aliphatic heterocycles. The van der Waals surface area contributed by atoms with Gasteiger partial charge < -0.3 is 10.2 Å². The lowest BCUT2D eigenvalue weighted by Gasteiger charge is -2.36. The topological polar surface area (TPSA) is 50.2 Å². The first-order valence-electron chi connectivity index (χ1n) is 7.88. The van der Waals surface area contributed by atoms with Crippen molar-refractivity contribution in [1.82, 2.24) is 20.0 Å². The molecule has 1 aromatic heterocycles. The number of carbonyl (C=O) groups is 1. The van der Waals surface area contributed by atoms with Gasteiger partial charge in [0.2, 0.25) is 0 Å². The van der Waals surface area contributed by atoms with E-state index < -0.39 is 0 Å². The molecule has 1 fully saturated rings. The number of amides is 1. The summed E-state index contributed by atoms with van der Waals surface area (Å²) in [4.78, 5) is 14.6. The predicted molar refractivity (Wildman–Crippen MR) is 92.9 cm³/mol. The number of nitrogens with zero attached hydrogens (tertiary/aromatic N) is 3. The summed E-state index contributed by atoms with van der Waals surface area (Å²) in [5, 5.41) is 7.63. The quantitative estimate of drug-likeness (QED) is 0.924. The molecule has 130 valence electrons. The van der Waals surface area contributed by atoms with Crippen LogP contribution < -0.4 is 5.32 Å². The minimum Gasteiger partial charge on any atom is -0.328 e. The molecule has 2 aromatic rings. The summed E-state index contributed by atoms with van der Waals surface area (Å²) in [6.45, 7) is 5.94. The Labute approximate surface area is 147 Å². The highest BCUT2D eigenvalue weighted by Crippen LogP contribution is 2.24. The largest absolute Gasteiger partial charge is 0.328 e. The summed E-state index contributed by atoms with van der Waals surface area (Å²) in [5.74, 6) is -0.398. The normalized spacial score (nSPS) is 17.7. The number of piperazine rings is 1. The Kier molecular flexibility index (Phi) is 5.96. The zero-order valence-electron chi connectivity index (χ0n) is 13.8. The third kappa shape index (κ3) is 3.76. The van der Waals surface area contributed by atoms with E-state index in [2.05, 4.69) is 10.4 Å². The van der Waals surface area contributed by atoms with Crippen molar-refractivity contribution in [1.29, 1.82) is 0 Å². The van der Waals surface area contributed by atoms with Crippen LogP contribution in [0.4, 0.5) is 4.39 Å². The second-order valence-corrected chi connectivity index (χ2v) is 6.05. The van der Waals surface area contributed by atoms with Gasteiger partial charge in [0.05, 0.1) is 6.04 Å². The average Bonchev–Trinajstić information content (AvgIpc) is 3.04. The van der Waals surface area contributed by atoms with Gasteiger partial charge >= 0.3 is 0 Å². The number of hydrogen-bond acceptors (Lipinski definition) is 3. The molecule has 0 bridgehead atoms. The number of aromatic nitrogens is 2. The predicted octanol–water partition coefficient (Wildman–Crippen LogP) is 2.81. The average molecular weight is 353 g/mol. The standard InChI is InChI=1S/C17H21FN4O.ClH/c1-12(2)22-8-6-15(20-22)17(23)21-9-7-19-11-16(21)13-4-3-5-14(18)10-13;/h3-6,8,10,12,16,19H,7,9,11H2,1-2H3;1H. The second-order valence-electron chi connectivity index (χ2n) is 6.05. The first kappa shape index (κ1) is 18.4. The lowest BCUT2D eigenvalue weighted by Crippen LogP contribution is -2.48. The van der Waals surface area contributed by atoms with Gasteiger partial charge in [0, 0.05) is 31.9 Å². The van der Waals surface area contributed by atoms with Gasteiger partial charge in [-0.3, -0.25) is 9.48 Å². The Morgan fingerprint density at radius 3 is 2.83 bits per heavy atom. The number of hydrogen-bond donors (Lipinski definition) is 1. The molecule has 7 heteroatoms. The molecule has 24 heavy (non-hydrogen) atoms. The molecule has 5 nitrogen and oxygen atoms in total. The fraction of sp³-hybridized carbons (Fsp3) is 0.412. The lowest BCUT2D eigenvalue weighted by atomic mass is 10.0. The van der Waals surface area contributed by atoms with Gasteiger partial charge in [-0.15, -0.1) is 12.4 Å². The van der Waals surface area contributed by atoms with E-state index >= 15 is 0 Å². The van der Waals surface area contributed by atoms with Crippen LogP contribution in [-0.4, -0.2) is 40.2 Å². The Hall–Kier alpha value is -1.92. The van der Waals surface area contributed by atoms with Crippen molar-refractivity contribution in [2.75, 3.05) is 19.6 Å². The summed E-state index contributed by atoms with van der Waals surface area (Å²) in [6.07, 6.45) is 1.82. The summed E-state index contributed by atoms with van der Waals surface area (Å²) in [7, 11) is 0. The molecular formula is C17H22ClFN4O. The lowest BCUT2D eigenvalue weighted by molar-refractivity contribution is 0.0626. The molecule has 1 atom stereocenters. The van der Waals surface area contributed by atoms with Gasteiger partial charge in [-0.2, -0.15) is 5.10 Å². The molecule has 1 N–H and O–H groups in total. The van der Waals surface area contributed by atoms with Crippen LogP contribution >= 0.6 is 12.4 Å². The number of halogens is 2. The van der Waals surface area contributed by atoms with E-state index in [0.717, 1.165) is 12.1 Å². The maximum absolute atomic E-state index is 13.5. The molecule has 1 amide bonds. The van der Waals surface area contributed by atoms with Crippen LogP contribution in [0.1, 0.15) is 42.0 Å². The Morgan fingerprint density at radius 2 is 2.17 bits per heavy atom. The molecule has 0 saturated carbocycles. The van der Waals surface area contributed by atoms with Crippen LogP contribution in [0.2, 0.25) is 0 Å². The molecule has 1 aromatic carbocycles. The van der Waals surface area contributed by atoms with E-state index in [1.807, 2.05) is 26.1 Å². The zero-order valence-corrected chi connectivity index (χ0v) is 14.6. The highest BCUT2D eigenvalue weighted by molar-refractivity contribution is 5.92. The van der Waals surface area contributed by atoms with Crippen LogP contribution in [0, 0.1) is 5.82 Å². The van der Waals surface area contributed by atoms with Crippen molar-refractivity contribution < 1.29 is 9.18 Å². The monoisotopic (exact) mass is 352 g/mol. The highest BCUT2D eigenvalue weighted by Gasteiger charge is 2.30. The van der Waals surface area contributed by atoms with Crippen LogP contribution in [-0.2, 0) is 0 Å². The highest BCUT2D eigenvalue weighted by atomic mass is 35.5. The summed E-state index contributed by atoms with van der Waals surface area (Å²) >= 11 is 0. The molecule has 1 unspecified atom stereocenters. The van der Waals surface area contributed by atoms with Crippen LogP contribution in [0.25, 0.3) is 0 Å². The maximum Gasteiger partial charge on any atom is 0.274 e. The molecule has 0 aliphatic carbocycles. The zero-order chi connectivity index (χ0) is 16.4. The number of carbonyl (C=O) groups excluding carboxylic acids is 1. The van der Waals surface area contributed by atoms with E-state index in [9.17, 15) is 9.18 Å². The smallest absolute Gasteiger partial charge is 0.274 e. The molecule has 3 rings (SSSR count). The molecule has 1 aliphatic rings. The van der Waals surface area contributed by atoms with E-state index in [1.54, 1.807) is 21.7 Å². The van der Waals surface area contributed by atoms with Crippen molar-refractivity contribution in [2.45, 2.75) is 25.9 Å². The molecule has 0 spiro atoms. The number of nitrogens with one attached hydrogen (secondary N) is 1. The molecule has 0 radical (unpaired) electrons. The fourth-order valence-electron chi connectivity index (χ4n) is 2.85. The Morgan fingerprint density at radius 1 is 1.38 bits per heavy atom. The Bertz CT molecular complexity index is 703. The van der Waals surface area contributed by atoms with Crippen molar-refractivity contribution >= 4 is 18.3 Å². The molecule has 2 heterocycles. The van der Waals surface area contributed by atoms with E-state index in [1.165, 1.54) is 12.1 Å². The first-order valence-corrected chi connectivity index (χ1v) is 7.88. The minimum atomic E-state index is -0.287. The maximum atomic E-state index is 13.5. The summed E-state index contributed by atoms with van der Waals surface area (Å²) in [5.41, 5.74) is 1.23. The fourth-order valence-corrected chi connectivity index (χ4v) is 2.85. The first-order chi connectivity index (χ1) is 11.1. The van der Waals surface area contributed by atoms with Crippen molar-refractivity contribution in [3.8, 4) is 0 Å². The van der Waals surface area contributed by atoms with E-state index in [0.29, 0.717) is 18.8 Å². The van der Waals surface area contributed by atoms with Crippen LogP contribution in [0.15, 0.2) is 36.5 Å². The summed E-state index contributed by atoms with van der Waals surface area (Å²) in [6, 6.07) is 8.20. The van der Waals surface area contributed by atoms with Gasteiger partial charge in [0.15, 0.2) is 0 Å². The van der Waals surface area contributed by atoms with Crippen molar-refractivity contribution in [3.05, 3.63) is 53.6 Å². The van der Waals surface area contributed by atoms with Crippen molar-refractivity contribution in [2.24, 2.45) is 0 Å². The van der Waals surface area contributed by atoms with E-state index in [-0.39, 0.29) is 36.2 Å². The van der Waals surface area contributed by atoms with E-state index in [4.69, 9.17) is 0 Å².